The van der Waals surface area contributed by atoms with E-state index in [2.05, 4.69) is 17.1 Å². The van der Waals surface area contributed by atoms with Gasteiger partial charge in [0, 0.05) is 51.4 Å². The lowest BCUT2D eigenvalue weighted by Crippen LogP contribution is -2.41. The molecule has 24 heavy (non-hydrogen) atoms. The normalized spacial score (nSPS) is 30.6. The number of nitrogens with zero attached hydrogens (tertiary/aromatic N) is 2. The van der Waals surface area contributed by atoms with Crippen molar-refractivity contribution in [3.8, 4) is 0 Å². The number of aliphatic imine (C=N–C) groups is 1. The molecule has 0 aromatic rings. The maximum absolute atomic E-state index is 5.72. The van der Waals surface area contributed by atoms with Crippen LogP contribution < -0.4 is 5.32 Å². The molecule has 6 heteroatoms. The van der Waals surface area contributed by atoms with Crippen LogP contribution in [0.25, 0.3) is 0 Å². The van der Waals surface area contributed by atoms with Crippen molar-refractivity contribution in [3.63, 3.8) is 0 Å². The van der Waals surface area contributed by atoms with E-state index in [0.29, 0.717) is 11.5 Å². The molecule has 6 nitrogen and oxygen atoms in total. The van der Waals surface area contributed by atoms with Crippen molar-refractivity contribution in [1.29, 1.82) is 0 Å². The van der Waals surface area contributed by atoms with Crippen LogP contribution in [0.3, 0.4) is 0 Å². The van der Waals surface area contributed by atoms with Crippen LogP contribution in [-0.2, 0) is 14.2 Å². The van der Waals surface area contributed by atoms with E-state index >= 15 is 0 Å². The third-order valence-corrected chi connectivity index (χ3v) is 5.29. The number of nitrogens with one attached hydrogen (secondary N) is 1. The van der Waals surface area contributed by atoms with Gasteiger partial charge in [0.05, 0.1) is 19.3 Å². The van der Waals surface area contributed by atoms with Crippen LogP contribution in [0, 0.1) is 5.41 Å². The van der Waals surface area contributed by atoms with Crippen molar-refractivity contribution in [3.05, 3.63) is 0 Å². The fourth-order valence-electron chi connectivity index (χ4n) is 3.86. The maximum Gasteiger partial charge on any atom is 0.193 e. The van der Waals surface area contributed by atoms with Crippen molar-refractivity contribution in [2.45, 2.75) is 45.1 Å². The SMILES string of the molecule is CCNC(=NCCCOCC1CCCO1)N1CCC2(CCOC2)C1. The number of ether oxygens (including phenoxy) is 3. The summed E-state index contributed by atoms with van der Waals surface area (Å²) in [4.78, 5) is 7.21. The van der Waals surface area contributed by atoms with E-state index in [1.807, 2.05) is 0 Å². The summed E-state index contributed by atoms with van der Waals surface area (Å²) in [6.07, 6.45) is 6.02. The molecule has 2 unspecified atom stereocenters. The average Bonchev–Trinajstić information content (AvgIpc) is 3.34. The van der Waals surface area contributed by atoms with Gasteiger partial charge in [-0.05, 0) is 39.0 Å². The van der Waals surface area contributed by atoms with Gasteiger partial charge in [-0.25, -0.2) is 0 Å². The van der Waals surface area contributed by atoms with Gasteiger partial charge in [0.15, 0.2) is 5.96 Å². The predicted octanol–water partition coefficient (Wildman–Crippen LogP) is 1.65. The molecule has 0 aromatic carbocycles. The van der Waals surface area contributed by atoms with Crippen LogP contribution in [0.15, 0.2) is 4.99 Å². The van der Waals surface area contributed by atoms with Crippen LogP contribution in [-0.4, -0.2) is 76.2 Å². The lowest BCUT2D eigenvalue weighted by molar-refractivity contribution is 0.0170. The van der Waals surface area contributed by atoms with E-state index in [4.69, 9.17) is 19.2 Å². The number of guanidine groups is 1. The Bertz CT molecular complexity index is 404. The van der Waals surface area contributed by atoms with Gasteiger partial charge in [-0.3, -0.25) is 4.99 Å². The van der Waals surface area contributed by atoms with E-state index in [-0.39, 0.29) is 0 Å². The quantitative estimate of drug-likeness (QED) is 0.434. The summed E-state index contributed by atoms with van der Waals surface area (Å²) < 4.78 is 16.9. The van der Waals surface area contributed by atoms with Gasteiger partial charge >= 0.3 is 0 Å². The molecule has 138 valence electrons. The van der Waals surface area contributed by atoms with Crippen molar-refractivity contribution in [1.82, 2.24) is 10.2 Å². The second-order valence-corrected chi connectivity index (χ2v) is 7.27. The fraction of sp³-hybridized carbons (Fsp3) is 0.944. The monoisotopic (exact) mass is 339 g/mol. The Balaban J connectivity index is 1.37. The molecule has 0 radical (unpaired) electrons. The molecule has 0 bridgehead atoms. The smallest absolute Gasteiger partial charge is 0.193 e. The first-order chi connectivity index (χ1) is 11.8. The highest BCUT2D eigenvalue weighted by Crippen LogP contribution is 2.38. The minimum Gasteiger partial charge on any atom is -0.381 e. The Morgan fingerprint density at radius 3 is 3.08 bits per heavy atom. The van der Waals surface area contributed by atoms with Crippen molar-refractivity contribution in [2.75, 3.05) is 59.2 Å². The number of hydrogen-bond acceptors (Lipinski definition) is 4. The molecule has 0 amide bonds. The van der Waals surface area contributed by atoms with E-state index in [1.165, 1.54) is 19.3 Å². The summed E-state index contributed by atoms with van der Waals surface area (Å²) in [5.74, 6) is 1.06. The second-order valence-electron chi connectivity index (χ2n) is 7.27. The molecule has 1 N–H and O–H groups in total. The summed E-state index contributed by atoms with van der Waals surface area (Å²) in [6, 6.07) is 0. The molecule has 1 spiro atoms. The topological polar surface area (TPSA) is 55.3 Å². The summed E-state index contributed by atoms with van der Waals surface area (Å²) in [5, 5.41) is 3.44. The van der Waals surface area contributed by atoms with Gasteiger partial charge in [0.2, 0.25) is 0 Å². The van der Waals surface area contributed by atoms with Gasteiger partial charge in [0.1, 0.15) is 0 Å². The van der Waals surface area contributed by atoms with Gasteiger partial charge < -0.3 is 24.4 Å². The largest absolute Gasteiger partial charge is 0.381 e. The number of likely N-dealkylation sites (tertiary alicyclic amines) is 1. The highest BCUT2D eigenvalue weighted by Gasteiger charge is 2.42. The predicted molar refractivity (Wildman–Crippen MR) is 94.4 cm³/mol. The highest BCUT2D eigenvalue weighted by atomic mass is 16.5. The van der Waals surface area contributed by atoms with Crippen LogP contribution in [0.2, 0.25) is 0 Å². The van der Waals surface area contributed by atoms with Gasteiger partial charge in [-0.1, -0.05) is 0 Å². The fourth-order valence-corrected chi connectivity index (χ4v) is 3.86. The zero-order chi connectivity index (χ0) is 16.7. The molecule has 3 heterocycles. The van der Waals surface area contributed by atoms with Crippen LogP contribution in [0.5, 0.6) is 0 Å². The number of rotatable bonds is 7. The molecule has 3 aliphatic rings. The Kier molecular flexibility index (Phi) is 6.75. The molecule has 3 rings (SSSR count). The minimum atomic E-state index is 0.320. The van der Waals surface area contributed by atoms with Crippen LogP contribution in [0.4, 0.5) is 0 Å². The average molecular weight is 339 g/mol. The standard InChI is InChI=1S/C18H33N3O3/c1-2-19-17(21-9-6-18(14-21)7-12-23-15-18)20-8-4-10-22-13-16-5-3-11-24-16/h16H,2-15H2,1H3,(H,19,20). The summed E-state index contributed by atoms with van der Waals surface area (Å²) in [7, 11) is 0. The zero-order valence-corrected chi connectivity index (χ0v) is 15.1. The molecule has 0 aromatic heterocycles. The van der Waals surface area contributed by atoms with Crippen molar-refractivity contribution in [2.24, 2.45) is 10.4 Å². The Hall–Kier alpha value is -0.850. The zero-order valence-electron chi connectivity index (χ0n) is 15.1. The van der Waals surface area contributed by atoms with Gasteiger partial charge in [-0.2, -0.15) is 0 Å². The van der Waals surface area contributed by atoms with Crippen LogP contribution in [0.1, 0.15) is 39.0 Å². The highest BCUT2D eigenvalue weighted by molar-refractivity contribution is 5.80. The lowest BCUT2D eigenvalue weighted by Gasteiger charge is -2.25. The third kappa shape index (κ3) is 4.83. The Labute approximate surface area is 145 Å². The number of hydrogen-bond donors (Lipinski definition) is 1. The van der Waals surface area contributed by atoms with E-state index in [9.17, 15) is 0 Å². The van der Waals surface area contributed by atoms with Gasteiger partial charge in [0.25, 0.3) is 0 Å². The molecule has 3 aliphatic heterocycles. The lowest BCUT2D eigenvalue weighted by atomic mass is 9.87. The van der Waals surface area contributed by atoms with E-state index < -0.39 is 0 Å². The summed E-state index contributed by atoms with van der Waals surface area (Å²) in [6.45, 7) is 10.3. The first-order valence-electron chi connectivity index (χ1n) is 9.62. The molecule has 2 atom stereocenters. The molecule has 3 saturated heterocycles. The molecule has 0 aliphatic carbocycles. The van der Waals surface area contributed by atoms with Crippen LogP contribution >= 0.6 is 0 Å². The first kappa shape index (κ1) is 18.0. The van der Waals surface area contributed by atoms with Gasteiger partial charge in [-0.15, -0.1) is 0 Å². The van der Waals surface area contributed by atoms with E-state index in [1.54, 1.807) is 0 Å². The maximum atomic E-state index is 5.72. The minimum absolute atomic E-state index is 0.320. The Morgan fingerprint density at radius 1 is 1.38 bits per heavy atom. The third-order valence-electron chi connectivity index (χ3n) is 5.29. The molecular formula is C18H33N3O3. The first-order valence-corrected chi connectivity index (χ1v) is 9.62. The molecule has 0 saturated carbocycles. The van der Waals surface area contributed by atoms with Crippen molar-refractivity contribution < 1.29 is 14.2 Å². The van der Waals surface area contributed by atoms with E-state index in [0.717, 1.165) is 78.0 Å². The summed E-state index contributed by atoms with van der Waals surface area (Å²) >= 11 is 0. The molecular weight excluding hydrogens is 306 g/mol. The molecule has 3 fully saturated rings. The summed E-state index contributed by atoms with van der Waals surface area (Å²) in [5.41, 5.74) is 0.376. The second kappa shape index (κ2) is 9.02. The Morgan fingerprint density at radius 2 is 2.33 bits per heavy atom. The van der Waals surface area contributed by atoms with Crippen molar-refractivity contribution >= 4 is 5.96 Å².